The first kappa shape index (κ1) is 13.1. The highest BCUT2D eigenvalue weighted by Gasteiger charge is 2.35. The minimum Gasteiger partial charge on any atom is -0.481 e. The summed E-state index contributed by atoms with van der Waals surface area (Å²) >= 11 is 1.78. The maximum Gasteiger partial charge on any atom is 0.312 e. The molecule has 104 valence electrons. The molecule has 0 aromatic carbocycles. The smallest absolute Gasteiger partial charge is 0.312 e. The van der Waals surface area contributed by atoms with Crippen LogP contribution in [0.1, 0.15) is 73.4 Å². The maximum absolute atomic E-state index is 11.2. The first-order valence-corrected chi connectivity index (χ1v) is 8.00. The summed E-state index contributed by atoms with van der Waals surface area (Å²) in [6.07, 6.45) is 6.56. The molecule has 0 aliphatic heterocycles. The van der Waals surface area contributed by atoms with Crippen molar-refractivity contribution in [2.75, 3.05) is 0 Å². The zero-order valence-electron chi connectivity index (χ0n) is 11.6. The fourth-order valence-electron chi connectivity index (χ4n) is 3.31. The predicted octanol–water partition coefficient (Wildman–Crippen LogP) is 3.94. The molecule has 1 aromatic rings. The molecule has 1 unspecified atom stereocenters. The highest BCUT2D eigenvalue weighted by molar-refractivity contribution is 7.11. The Hall–Kier alpha value is -0.900. The molecule has 19 heavy (non-hydrogen) atoms. The highest BCUT2D eigenvalue weighted by Crippen LogP contribution is 2.46. The Labute approximate surface area is 118 Å². The summed E-state index contributed by atoms with van der Waals surface area (Å²) in [6.45, 7) is 4.68. The molecule has 0 bridgehead atoms. The van der Waals surface area contributed by atoms with E-state index >= 15 is 0 Å². The molecule has 3 rings (SSSR count). The van der Waals surface area contributed by atoms with Gasteiger partial charge < -0.3 is 5.11 Å². The molecule has 2 aliphatic rings. The Morgan fingerprint density at radius 2 is 2.00 bits per heavy atom. The van der Waals surface area contributed by atoms with Crippen molar-refractivity contribution in [2.24, 2.45) is 5.41 Å². The number of nitrogens with zero attached hydrogens (tertiary/aromatic N) is 1. The lowest BCUT2D eigenvalue weighted by Gasteiger charge is -2.33. The van der Waals surface area contributed by atoms with Crippen molar-refractivity contribution in [3.63, 3.8) is 0 Å². The number of thiazole rings is 1. The van der Waals surface area contributed by atoms with Gasteiger partial charge in [0.2, 0.25) is 0 Å². The lowest BCUT2D eigenvalue weighted by molar-refractivity contribution is -0.138. The van der Waals surface area contributed by atoms with Crippen LogP contribution in [0.5, 0.6) is 0 Å². The van der Waals surface area contributed by atoms with Crippen LogP contribution in [0.4, 0.5) is 0 Å². The van der Waals surface area contributed by atoms with Gasteiger partial charge in [-0.15, -0.1) is 11.3 Å². The minimum absolute atomic E-state index is 0.347. The van der Waals surface area contributed by atoms with Gasteiger partial charge in [0.05, 0.1) is 10.7 Å². The van der Waals surface area contributed by atoms with Crippen LogP contribution in [-0.2, 0) is 11.2 Å². The van der Waals surface area contributed by atoms with E-state index < -0.39 is 5.97 Å². The molecule has 1 heterocycles. The molecule has 1 saturated carbocycles. The normalized spacial score (nSPS) is 26.3. The summed E-state index contributed by atoms with van der Waals surface area (Å²) in [5.41, 5.74) is 1.34. The van der Waals surface area contributed by atoms with E-state index in [0.717, 1.165) is 18.5 Å². The fourth-order valence-corrected chi connectivity index (χ4v) is 4.62. The SMILES string of the molecule is CC1(C)CCC(c2nc3c(s2)CCC3C(=O)O)CC1. The zero-order chi connectivity index (χ0) is 13.6. The number of aliphatic carboxylic acids is 1. The second-order valence-electron chi connectivity index (χ2n) is 6.73. The van der Waals surface area contributed by atoms with Crippen molar-refractivity contribution >= 4 is 17.3 Å². The van der Waals surface area contributed by atoms with Crippen molar-refractivity contribution in [3.05, 3.63) is 15.6 Å². The Morgan fingerprint density at radius 3 is 2.63 bits per heavy atom. The van der Waals surface area contributed by atoms with Gasteiger partial charge in [0, 0.05) is 10.8 Å². The molecule has 0 spiro atoms. The average molecular weight is 279 g/mol. The van der Waals surface area contributed by atoms with Crippen LogP contribution in [0.15, 0.2) is 0 Å². The molecule has 0 amide bonds. The lowest BCUT2D eigenvalue weighted by atomic mass is 9.73. The molecule has 1 fully saturated rings. The average Bonchev–Trinajstić information content (AvgIpc) is 2.87. The summed E-state index contributed by atoms with van der Waals surface area (Å²) in [6, 6.07) is 0. The van der Waals surface area contributed by atoms with E-state index in [2.05, 4.69) is 13.8 Å². The van der Waals surface area contributed by atoms with Crippen molar-refractivity contribution in [3.8, 4) is 0 Å². The Balaban J connectivity index is 1.78. The molecule has 0 saturated heterocycles. The zero-order valence-corrected chi connectivity index (χ0v) is 12.4. The fraction of sp³-hybridized carbons (Fsp3) is 0.733. The van der Waals surface area contributed by atoms with Gasteiger partial charge in [-0.1, -0.05) is 13.8 Å². The van der Waals surface area contributed by atoms with Crippen LogP contribution in [0, 0.1) is 5.41 Å². The third-order valence-electron chi connectivity index (χ3n) is 4.72. The number of carbonyl (C=O) groups is 1. The van der Waals surface area contributed by atoms with Crippen LogP contribution in [0.3, 0.4) is 0 Å². The highest BCUT2D eigenvalue weighted by atomic mass is 32.1. The standard InChI is InChI=1S/C15H21NO2S/c1-15(2)7-5-9(6-8-15)13-16-12-10(14(17)18)3-4-11(12)19-13/h9-10H,3-8H2,1-2H3,(H,17,18). The van der Waals surface area contributed by atoms with Crippen LogP contribution < -0.4 is 0 Å². The van der Waals surface area contributed by atoms with Gasteiger partial charge >= 0.3 is 5.97 Å². The second-order valence-corrected chi connectivity index (χ2v) is 7.84. The predicted molar refractivity (Wildman–Crippen MR) is 75.8 cm³/mol. The van der Waals surface area contributed by atoms with Gasteiger partial charge in [0.25, 0.3) is 0 Å². The summed E-state index contributed by atoms with van der Waals surface area (Å²) in [5.74, 6) is -0.488. The second kappa shape index (κ2) is 4.58. The number of hydrogen-bond donors (Lipinski definition) is 1. The monoisotopic (exact) mass is 279 g/mol. The number of carboxylic acids is 1. The van der Waals surface area contributed by atoms with E-state index in [9.17, 15) is 9.90 Å². The Kier molecular flexibility index (Phi) is 3.16. The van der Waals surface area contributed by atoms with E-state index in [0.29, 0.717) is 11.3 Å². The number of carboxylic acid groups (broad SMARTS) is 1. The van der Waals surface area contributed by atoms with Gasteiger partial charge in [0.15, 0.2) is 0 Å². The number of hydrogen-bond acceptors (Lipinski definition) is 3. The summed E-state index contributed by atoms with van der Waals surface area (Å²) < 4.78 is 0. The Morgan fingerprint density at radius 1 is 1.32 bits per heavy atom. The summed E-state index contributed by atoms with van der Waals surface area (Å²) in [7, 11) is 0. The minimum atomic E-state index is -0.708. The molecule has 2 aliphatic carbocycles. The summed E-state index contributed by atoms with van der Waals surface area (Å²) in [5, 5.41) is 10.4. The summed E-state index contributed by atoms with van der Waals surface area (Å²) in [4.78, 5) is 17.1. The van der Waals surface area contributed by atoms with Crippen LogP contribution in [0.25, 0.3) is 0 Å². The Bertz CT molecular complexity index is 496. The first-order chi connectivity index (χ1) is 8.96. The topological polar surface area (TPSA) is 50.2 Å². The molecule has 4 heteroatoms. The van der Waals surface area contributed by atoms with Crippen LogP contribution in [-0.4, -0.2) is 16.1 Å². The van der Waals surface area contributed by atoms with Crippen molar-refractivity contribution in [2.45, 2.75) is 64.2 Å². The first-order valence-electron chi connectivity index (χ1n) is 7.18. The van der Waals surface area contributed by atoms with E-state index in [4.69, 9.17) is 4.98 Å². The molecule has 1 atom stereocenters. The number of fused-ring (bicyclic) bond motifs is 1. The largest absolute Gasteiger partial charge is 0.481 e. The number of aromatic nitrogens is 1. The molecule has 1 aromatic heterocycles. The lowest BCUT2D eigenvalue weighted by Crippen LogP contribution is -2.20. The van der Waals surface area contributed by atoms with E-state index in [1.165, 1.54) is 35.6 Å². The molecular weight excluding hydrogens is 258 g/mol. The van der Waals surface area contributed by atoms with Crippen LogP contribution in [0.2, 0.25) is 0 Å². The van der Waals surface area contributed by atoms with E-state index in [1.807, 2.05) is 0 Å². The van der Waals surface area contributed by atoms with Gasteiger partial charge in [-0.3, -0.25) is 4.79 Å². The molecule has 3 nitrogen and oxygen atoms in total. The quantitative estimate of drug-likeness (QED) is 0.892. The van der Waals surface area contributed by atoms with Gasteiger partial charge in [0.1, 0.15) is 5.92 Å². The van der Waals surface area contributed by atoms with Gasteiger partial charge in [-0.25, -0.2) is 4.98 Å². The van der Waals surface area contributed by atoms with Crippen molar-refractivity contribution < 1.29 is 9.90 Å². The number of aryl methyl sites for hydroxylation is 1. The number of rotatable bonds is 2. The van der Waals surface area contributed by atoms with Gasteiger partial charge in [-0.2, -0.15) is 0 Å². The van der Waals surface area contributed by atoms with Crippen molar-refractivity contribution in [1.29, 1.82) is 0 Å². The van der Waals surface area contributed by atoms with Gasteiger partial charge in [-0.05, 0) is 43.9 Å². The van der Waals surface area contributed by atoms with E-state index in [1.54, 1.807) is 11.3 Å². The molecule has 1 N–H and O–H groups in total. The van der Waals surface area contributed by atoms with Crippen LogP contribution >= 0.6 is 11.3 Å². The maximum atomic E-state index is 11.2. The third-order valence-corrected chi connectivity index (χ3v) is 6.01. The third kappa shape index (κ3) is 2.42. The molecular formula is C15H21NO2S. The molecule has 0 radical (unpaired) electrons. The van der Waals surface area contributed by atoms with E-state index in [-0.39, 0.29) is 5.92 Å². The van der Waals surface area contributed by atoms with Crippen molar-refractivity contribution in [1.82, 2.24) is 4.98 Å².